The second kappa shape index (κ2) is 7.89. The zero-order valence-electron chi connectivity index (χ0n) is 13.6. The molecule has 1 aromatic heterocycles. The topological polar surface area (TPSA) is 73.3 Å². The lowest BCUT2D eigenvalue weighted by atomic mass is 10.0. The van der Waals surface area contributed by atoms with Crippen molar-refractivity contribution in [2.75, 3.05) is 13.9 Å². The van der Waals surface area contributed by atoms with Gasteiger partial charge in [0.15, 0.2) is 0 Å². The van der Waals surface area contributed by atoms with Gasteiger partial charge in [0.2, 0.25) is 0 Å². The largest absolute Gasteiger partial charge is 0.359 e. The van der Waals surface area contributed by atoms with Crippen molar-refractivity contribution in [1.29, 1.82) is 0 Å². The summed E-state index contributed by atoms with van der Waals surface area (Å²) >= 11 is 0. The predicted molar refractivity (Wildman–Crippen MR) is 87.4 cm³/mol. The number of nitrogens with zero attached hydrogens (tertiary/aromatic N) is 1. The number of methoxy groups -OCH3 is 1. The standard InChI is InChI=1S/C17H22N2O4/c1-12(2)16(23-11-22-3)14-9-15(20)18-17(21)19(14)10-13-7-5-4-6-8-13/h4-9,12,16H,10-11H2,1-3H3,(H,18,20,21). The summed E-state index contributed by atoms with van der Waals surface area (Å²) in [5.74, 6) is 0.0772. The fraction of sp³-hybridized carbons (Fsp3) is 0.412. The SMILES string of the molecule is COCOC(c1cc(=O)[nH]c(=O)n1Cc1ccccc1)C(C)C. The van der Waals surface area contributed by atoms with E-state index < -0.39 is 17.4 Å². The van der Waals surface area contributed by atoms with Gasteiger partial charge in [0.1, 0.15) is 12.9 Å². The van der Waals surface area contributed by atoms with Gasteiger partial charge in [-0.15, -0.1) is 0 Å². The van der Waals surface area contributed by atoms with Gasteiger partial charge in [-0.1, -0.05) is 44.2 Å². The highest BCUT2D eigenvalue weighted by atomic mass is 16.7. The first-order valence-electron chi connectivity index (χ1n) is 7.51. The Morgan fingerprint density at radius 1 is 1.17 bits per heavy atom. The van der Waals surface area contributed by atoms with Crippen LogP contribution in [-0.4, -0.2) is 23.5 Å². The summed E-state index contributed by atoms with van der Waals surface area (Å²) in [4.78, 5) is 26.4. The van der Waals surface area contributed by atoms with Crippen LogP contribution < -0.4 is 11.2 Å². The minimum atomic E-state index is -0.442. The number of H-pyrrole nitrogens is 1. The number of hydrogen-bond donors (Lipinski definition) is 1. The van der Waals surface area contributed by atoms with Crippen molar-refractivity contribution in [3.8, 4) is 0 Å². The van der Waals surface area contributed by atoms with Gasteiger partial charge in [0.05, 0.1) is 12.2 Å². The third kappa shape index (κ3) is 4.40. The highest BCUT2D eigenvalue weighted by molar-refractivity contribution is 5.17. The molecule has 0 amide bonds. The van der Waals surface area contributed by atoms with Crippen LogP contribution in [0, 0.1) is 5.92 Å². The highest BCUT2D eigenvalue weighted by Gasteiger charge is 2.22. The molecule has 23 heavy (non-hydrogen) atoms. The Morgan fingerprint density at radius 3 is 2.48 bits per heavy atom. The molecule has 1 aromatic carbocycles. The average Bonchev–Trinajstić information content (AvgIpc) is 2.51. The molecule has 0 fully saturated rings. The number of rotatable bonds is 7. The zero-order valence-corrected chi connectivity index (χ0v) is 13.6. The van der Waals surface area contributed by atoms with Gasteiger partial charge in [-0.3, -0.25) is 14.3 Å². The Labute approximate surface area is 134 Å². The van der Waals surface area contributed by atoms with E-state index in [2.05, 4.69) is 4.98 Å². The summed E-state index contributed by atoms with van der Waals surface area (Å²) in [6, 6.07) is 11.0. The van der Waals surface area contributed by atoms with E-state index in [1.165, 1.54) is 17.7 Å². The molecule has 0 bridgehead atoms. The lowest BCUT2D eigenvalue weighted by Gasteiger charge is -2.24. The van der Waals surface area contributed by atoms with Gasteiger partial charge < -0.3 is 9.47 Å². The second-order valence-corrected chi connectivity index (χ2v) is 5.67. The summed E-state index contributed by atoms with van der Waals surface area (Å²) in [6.07, 6.45) is -0.409. The summed E-state index contributed by atoms with van der Waals surface area (Å²) in [5.41, 5.74) is 0.649. The molecule has 0 spiro atoms. The smallest absolute Gasteiger partial charge is 0.328 e. The molecule has 0 aliphatic carbocycles. The van der Waals surface area contributed by atoms with Crippen molar-refractivity contribution in [2.24, 2.45) is 5.92 Å². The monoisotopic (exact) mass is 318 g/mol. The average molecular weight is 318 g/mol. The molecule has 2 rings (SSSR count). The van der Waals surface area contributed by atoms with Crippen LogP contribution in [0.1, 0.15) is 31.2 Å². The number of aromatic nitrogens is 2. The van der Waals surface area contributed by atoms with Crippen molar-refractivity contribution in [1.82, 2.24) is 9.55 Å². The Morgan fingerprint density at radius 2 is 1.87 bits per heavy atom. The van der Waals surface area contributed by atoms with Gasteiger partial charge in [-0.25, -0.2) is 4.79 Å². The Hall–Kier alpha value is -2.18. The number of hydrogen-bond acceptors (Lipinski definition) is 4. The summed E-state index contributed by atoms with van der Waals surface area (Å²) in [6.45, 7) is 4.40. The first-order chi connectivity index (χ1) is 11.0. The molecule has 6 heteroatoms. The minimum Gasteiger partial charge on any atom is -0.359 e. The first kappa shape index (κ1) is 17.2. The van der Waals surface area contributed by atoms with Crippen LogP contribution in [0.3, 0.4) is 0 Å². The van der Waals surface area contributed by atoms with Crippen LogP contribution in [0.4, 0.5) is 0 Å². The van der Waals surface area contributed by atoms with E-state index in [1.807, 2.05) is 44.2 Å². The third-order valence-corrected chi connectivity index (χ3v) is 3.51. The molecular formula is C17H22N2O4. The highest BCUT2D eigenvalue weighted by Crippen LogP contribution is 2.24. The van der Waals surface area contributed by atoms with Gasteiger partial charge in [-0.2, -0.15) is 0 Å². The van der Waals surface area contributed by atoms with E-state index >= 15 is 0 Å². The van der Waals surface area contributed by atoms with Crippen molar-refractivity contribution in [3.63, 3.8) is 0 Å². The summed E-state index contributed by atoms with van der Waals surface area (Å²) in [7, 11) is 1.53. The van der Waals surface area contributed by atoms with Crippen molar-refractivity contribution in [3.05, 3.63) is 68.5 Å². The van der Waals surface area contributed by atoms with E-state index in [1.54, 1.807) is 0 Å². The first-order valence-corrected chi connectivity index (χ1v) is 7.51. The maximum Gasteiger partial charge on any atom is 0.328 e. The molecule has 1 heterocycles. The third-order valence-electron chi connectivity index (χ3n) is 3.51. The number of benzene rings is 1. The Kier molecular flexibility index (Phi) is 5.90. The molecule has 0 aliphatic rings. The van der Waals surface area contributed by atoms with Gasteiger partial charge in [-0.05, 0) is 11.5 Å². The molecule has 0 radical (unpaired) electrons. The minimum absolute atomic E-state index is 0.0772. The van der Waals surface area contributed by atoms with Crippen molar-refractivity contribution in [2.45, 2.75) is 26.5 Å². The van der Waals surface area contributed by atoms with E-state index in [0.717, 1.165) is 5.56 Å². The lowest BCUT2D eigenvalue weighted by molar-refractivity contribution is -0.0915. The van der Waals surface area contributed by atoms with Gasteiger partial charge in [0, 0.05) is 13.2 Å². The van der Waals surface area contributed by atoms with Crippen LogP contribution in [-0.2, 0) is 16.0 Å². The maximum absolute atomic E-state index is 12.3. The molecule has 1 atom stereocenters. The van der Waals surface area contributed by atoms with Gasteiger partial charge >= 0.3 is 5.69 Å². The van der Waals surface area contributed by atoms with Crippen LogP contribution in [0.15, 0.2) is 46.0 Å². The Balaban J connectivity index is 2.48. The molecule has 0 saturated heterocycles. The molecular weight excluding hydrogens is 296 g/mol. The van der Waals surface area contributed by atoms with E-state index in [4.69, 9.17) is 9.47 Å². The number of aromatic amines is 1. The molecule has 0 saturated carbocycles. The van der Waals surface area contributed by atoms with Crippen LogP contribution in [0.5, 0.6) is 0 Å². The van der Waals surface area contributed by atoms with E-state index in [0.29, 0.717) is 12.2 Å². The Bertz CT molecular complexity index is 734. The van der Waals surface area contributed by atoms with Crippen LogP contribution in [0.25, 0.3) is 0 Å². The maximum atomic E-state index is 12.3. The molecule has 1 N–H and O–H groups in total. The fourth-order valence-corrected chi connectivity index (χ4v) is 2.46. The lowest BCUT2D eigenvalue weighted by Crippen LogP contribution is -2.35. The predicted octanol–water partition coefficient (Wildman–Crippen LogP) is 1.90. The normalized spacial score (nSPS) is 12.5. The molecule has 6 nitrogen and oxygen atoms in total. The van der Waals surface area contributed by atoms with E-state index in [9.17, 15) is 9.59 Å². The second-order valence-electron chi connectivity index (χ2n) is 5.67. The molecule has 2 aromatic rings. The van der Waals surface area contributed by atoms with Crippen molar-refractivity contribution < 1.29 is 9.47 Å². The quantitative estimate of drug-likeness (QED) is 0.791. The fourth-order valence-electron chi connectivity index (χ4n) is 2.46. The van der Waals surface area contributed by atoms with Gasteiger partial charge in [0.25, 0.3) is 5.56 Å². The number of nitrogens with one attached hydrogen (secondary N) is 1. The summed E-state index contributed by atoms with van der Waals surface area (Å²) < 4.78 is 12.2. The van der Waals surface area contributed by atoms with Crippen molar-refractivity contribution >= 4 is 0 Å². The zero-order chi connectivity index (χ0) is 16.8. The van der Waals surface area contributed by atoms with E-state index in [-0.39, 0.29) is 12.7 Å². The molecule has 0 aliphatic heterocycles. The molecule has 1 unspecified atom stereocenters. The molecule has 124 valence electrons. The number of ether oxygens (including phenoxy) is 2. The summed E-state index contributed by atoms with van der Waals surface area (Å²) in [5, 5.41) is 0. The van der Waals surface area contributed by atoms with Crippen LogP contribution >= 0.6 is 0 Å². The van der Waals surface area contributed by atoms with Crippen LogP contribution in [0.2, 0.25) is 0 Å².